The number of phosphoric ester groups is 1. The first kappa shape index (κ1) is 85.0. The van der Waals surface area contributed by atoms with Crippen molar-refractivity contribution in [2.24, 2.45) is 0 Å². The predicted octanol–water partition coefficient (Wildman–Crippen LogP) is 23.7. The topological polar surface area (TPSA) is 114 Å². The maximum absolute atomic E-state index is 13.6. The molecule has 0 spiro atoms. The van der Waals surface area contributed by atoms with E-state index in [4.69, 9.17) is 13.8 Å². The van der Waals surface area contributed by atoms with Gasteiger partial charge in [0, 0.05) is 12.8 Å². The molecule has 0 heterocycles. The van der Waals surface area contributed by atoms with Crippen LogP contribution in [-0.4, -0.2) is 69.4 Å². The van der Waals surface area contributed by atoms with Crippen LogP contribution in [0.2, 0.25) is 0 Å². The number of carbonyl (C=O) groups is 2. The largest absolute Gasteiger partial charge is 0.756 e. The van der Waals surface area contributed by atoms with Crippen molar-refractivity contribution in [3.05, 3.63) is 48.6 Å². The van der Waals surface area contributed by atoms with Crippen molar-refractivity contribution in [1.82, 2.24) is 5.32 Å². The van der Waals surface area contributed by atoms with Crippen LogP contribution >= 0.6 is 7.82 Å². The quantitative estimate of drug-likeness (QED) is 0.0212. The molecule has 0 fully saturated rings. The molecule has 512 valence electrons. The fourth-order valence-electron chi connectivity index (χ4n) is 11.4. The predicted molar refractivity (Wildman–Crippen MR) is 376 cm³/mol. The minimum Gasteiger partial charge on any atom is -0.756 e. The first-order valence-corrected chi connectivity index (χ1v) is 39.4. The number of esters is 1. The summed E-state index contributed by atoms with van der Waals surface area (Å²) in [6, 6.07) is -0.889. The van der Waals surface area contributed by atoms with Crippen LogP contribution in [0.15, 0.2) is 48.6 Å². The van der Waals surface area contributed by atoms with Crippen molar-refractivity contribution in [1.29, 1.82) is 0 Å². The number of amides is 1. The van der Waals surface area contributed by atoms with Crippen molar-refractivity contribution in [2.45, 2.75) is 392 Å². The molecule has 1 amide bonds. The van der Waals surface area contributed by atoms with E-state index in [1.807, 2.05) is 33.3 Å². The summed E-state index contributed by atoms with van der Waals surface area (Å²) in [4.78, 5) is 40.2. The monoisotopic (exact) mass is 1240 g/mol. The second-order valence-electron chi connectivity index (χ2n) is 27.2. The molecule has 0 rings (SSSR count). The Morgan fingerprint density at radius 3 is 1.07 bits per heavy atom. The zero-order valence-corrected chi connectivity index (χ0v) is 59.6. The molecule has 3 unspecified atom stereocenters. The summed E-state index contributed by atoms with van der Waals surface area (Å²) in [6.07, 6.45) is 85.4. The zero-order chi connectivity index (χ0) is 63.5. The normalized spacial score (nSPS) is 13.7. The van der Waals surface area contributed by atoms with Crippen LogP contribution in [-0.2, 0) is 27.9 Å². The third kappa shape index (κ3) is 68.2. The molecular weight excluding hydrogens is 1100 g/mol. The van der Waals surface area contributed by atoms with Crippen LogP contribution in [0, 0.1) is 0 Å². The molecule has 3 atom stereocenters. The first-order chi connectivity index (χ1) is 42.4. The molecule has 0 aromatic carbocycles. The van der Waals surface area contributed by atoms with Gasteiger partial charge >= 0.3 is 5.97 Å². The molecular formula is C77H147N2O7P. The van der Waals surface area contributed by atoms with Gasteiger partial charge in [-0.1, -0.05) is 346 Å². The number of hydrogen-bond acceptors (Lipinski definition) is 7. The fourth-order valence-corrected chi connectivity index (χ4v) is 12.1. The number of quaternary nitrogens is 1. The lowest BCUT2D eigenvalue weighted by molar-refractivity contribution is -0.870. The number of nitrogens with one attached hydrogen (secondary N) is 1. The highest BCUT2D eigenvalue weighted by Crippen LogP contribution is 2.38. The van der Waals surface area contributed by atoms with Gasteiger partial charge in [0.25, 0.3) is 7.82 Å². The van der Waals surface area contributed by atoms with Crippen molar-refractivity contribution in [2.75, 3.05) is 40.9 Å². The highest BCUT2D eigenvalue weighted by Gasteiger charge is 2.27. The first-order valence-electron chi connectivity index (χ1n) is 37.9. The fraction of sp³-hybridized carbons (Fsp3) is 0.870. The molecule has 0 radical (unpaired) electrons. The minimum absolute atomic E-state index is 0.0211. The average Bonchev–Trinajstić information content (AvgIpc) is 3.70. The van der Waals surface area contributed by atoms with Crippen molar-refractivity contribution in [3.63, 3.8) is 0 Å². The summed E-state index contributed by atoms with van der Waals surface area (Å²) >= 11 is 0. The molecule has 0 aliphatic rings. The number of nitrogens with zero attached hydrogens (tertiary/aromatic N) is 1. The Morgan fingerprint density at radius 1 is 0.402 bits per heavy atom. The summed E-state index contributed by atoms with van der Waals surface area (Å²) in [5, 5.41) is 3.05. The highest BCUT2D eigenvalue weighted by atomic mass is 31.2. The summed E-state index contributed by atoms with van der Waals surface area (Å²) in [5.74, 6) is -0.527. The second kappa shape index (κ2) is 66.9. The summed E-state index contributed by atoms with van der Waals surface area (Å²) in [7, 11) is 1.20. The lowest BCUT2D eigenvalue weighted by atomic mass is 10.0. The molecule has 87 heavy (non-hydrogen) atoms. The van der Waals surface area contributed by atoms with Crippen LogP contribution in [0.5, 0.6) is 0 Å². The van der Waals surface area contributed by atoms with Gasteiger partial charge in [0.15, 0.2) is 0 Å². The van der Waals surface area contributed by atoms with Crippen LogP contribution in [0.25, 0.3) is 0 Å². The van der Waals surface area contributed by atoms with E-state index in [1.165, 1.54) is 276 Å². The number of allylic oxidation sites excluding steroid dienone is 7. The van der Waals surface area contributed by atoms with Gasteiger partial charge in [-0.2, -0.15) is 0 Å². The van der Waals surface area contributed by atoms with Crippen LogP contribution in [0.3, 0.4) is 0 Å². The molecule has 0 aliphatic heterocycles. The Labute approximate surface area is 541 Å². The number of ether oxygens (including phenoxy) is 1. The number of hydrogen-bond donors (Lipinski definition) is 1. The minimum atomic E-state index is -4.70. The number of phosphoric acid groups is 1. The van der Waals surface area contributed by atoms with E-state index >= 15 is 0 Å². The molecule has 0 bridgehead atoms. The Morgan fingerprint density at radius 2 is 0.701 bits per heavy atom. The maximum Gasteiger partial charge on any atom is 0.306 e. The van der Waals surface area contributed by atoms with Gasteiger partial charge in [0.1, 0.15) is 19.3 Å². The maximum atomic E-state index is 13.6. The van der Waals surface area contributed by atoms with Gasteiger partial charge in [0.2, 0.25) is 5.91 Å². The van der Waals surface area contributed by atoms with Crippen LogP contribution in [0.4, 0.5) is 0 Å². The van der Waals surface area contributed by atoms with Crippen molar-refractivity contribution >= 4 is 19.7 Å². The van der Waals surface area contributed by atoms with E-state index in [9.17, 15) is 19.0 Å². The average molecular weight is 1240 g/mol. The molecule has 0 aliphatic carbocycles. The smallest absolute Gasteiger partial charge is 0.306 e. The third-order valence-electron chi connectivity index (χ3n) is 17.3. The molecule has 9 nitrogen and oxygen atoms in total. The summed E-state index contributed by atoms with van der Waals surface area (Å²) < 4.78 is 30.5. The number of carbonyl (C=O) groups excluding carboxylic acids is 2. The van der Waals surface area contributed by atoms with E-state index in [2.05, 4.69) is 62.5 Å². The molecule has 0 saturated heterocycles. The standard InChI is InChI=1S/C77H147N2O7P/c1-7-10-13-16-19-22-25-27-29-31-33-35-37-38-39-40-42-43-45-47-49-51-54-57-60-63-66-69-76(80)78-74(73-85-87(82,83)84-72-71-79(4,5)6)75(68-65-62-59-56-53-24-21-18-15-12-9-3)86-77(81)70-67-64-61-58-55-52-50-48-46-44-41-36-34-32-30-28-26-23-20-17-14-11-8-2/h20,23,28,30,34,36,65,68,74-75H,7-19,21-22,24-27,29,31-33,35,37-64,66-67,69-73H2,1-6H3,(H-,78,80,82,83)/b23-20-,30-28-,36-34-,68-65+. The van der Waals surface area contributed by atoms with Gasteiger partial charge in [-0.3, -0.25) is 14.2 Å². The van der Waals surface area contributed by atoms with E-state index in [-0.39, 0.29) is 31.5 Å². The zero-order valence-electron chi connectivity index (χ0n) is 58.7. The van der Waals surface area contributed by atoms with Gasteiger partial charge in [-0.15, -0.1) is 0 Å². The SMILES string of the molecule is CCCCC/C=C\C/C=C\C/C=C\CCCCCCCCCCCCC(=O)OC(/C=C/CCCCCCCCCCC)C(COP(=O)([O-])OCC[N+](C)(C)C)NC(=O)CCCCCCCCCCCCCCCCCCCCCCCCCCCCC. The van der Waals surface area contributed by atoms with Gasteiger partial charge in [-0.25, -0.2) is 0 Å². The van der Waals surface area contributed by atoms with Crippen molar-refractivity contribution < 1.29 is 37.3 Å². The lowest BCUT2D eigenvalue weighted by Crippen LogP contribution is -2.47. The third-order valence-corrected chi connectivity index (χ3v) is 18.2. The second-order valence-corrected chi connectivity index (χ2v) is 28.6. The summed E-state index contributed by atoms with van der Waals surface area (Å²) in [5.41, 5.74) is 0. The molecule has 10 heteroatoms. The van der Waals surface area contributed by atoms with Crippen LogP contribution in [0.1, 0.15) is 380 Å². The molecule has 1 N–H and O–H groups in total. The molecule has 0 saturated carbocycles. The molecule has 0 aromatic rings. The van der Waals surface area contributed by atoms with Gasteiger partial charge in [0.05, 0.1) is 33.8 Å². The van der Waals surface area contributed by atoms with E-state index in [0.29, 0.717) is 17.4 Å². The lowest BCUT2D eigenvalue weighted by Gasteiger charge is -2.30. The Hall–Kier alpha value is -2.03. The Bertz CT molecular complexity index is 1620. The highest BCUT2D eigenvalue weighted by molar-refractivity contribution is 7.45. The Kier molecular flexibility index (Phi) is 65.3. The van der Waals surface area contributed by atoms with E-state index in [1.54, 1.807) is 0 Å². The van der Waals surface area contributed by atoms with E-state index in [0.717, 1.165) is 70.6 Å². The van der Waals surface area contributed by atoms with Gasteiger partial charge < -0.3 is 28.5 Å². The van der Waals surface area contributed by atoms with E-state index < -0.39 is 20.0 Å². The number of likely N-dealkylation sites (N-methyl/N-ethyl adjacent to an activating group) is 1. The van der Waals surface area contributed by atoms with Gasteiger partial charge in [-0.05, 0) is 70.3 Å². The van der Waals surface area contributed by atoms with Crippen molar-refractivity contribution in [3.8, 4) is 0 Å². The Balaban J connectivity index is 4.91. The number of unbranched alkanes of at least 4 members (excludes halogenated alkanes) is 48. The number of rotatable bonds is 70. The van der Waals surface area contributed by atoms with Crippen LogP contribution < -0.4 is 10.2 Å². The molecule has 0 aromatic heterocycles. The summed E-state index contributed by atoms with van der Waals surface area (Å²) in [6.45, 7) is 6.87.